The smallest absolute Gasteiger partial charge is 0.312 e. The highest BCUT2D eigenvalue weighted by Crippen LogP contribution is 2.28. The van der Waals surface area contributed by atoms with Crippen molar-refractivity contribution in [2.45, 2.75) is 19.8 Å². The van der Waals surface area contributed by atoms with Crippen LogP contribution in [0, 0.1) is 18.7 Å². The van der Waals surface area contributed by atoms with Crippen LogP contribution in [0.2, 0.25) is 0 Å². The molecular weight excluding hydrogens is 355 g/mol. The van der Waals surface area contributed by atoms with E-state index in [0.29, 0.717) is 34.8 Å². The maximum Gasteiger partial charge on any atom is 0.312 e. The Labute approximate surface area is 152 Å². The van der Waals surface area contributed by atoms with Gasteiger partial charge in [0.2, 0.25) is 0 Å². The largest absolute Gasteiger partial charge is 0.492 e. The first-order valence-corrected chi connectivity index (χ1v) is 8.52. The van der Waals surface area contributed by atoms with Crippen molar-refractivity contribution >= 4 is 11.7 Å². The van der Waals surface area contributed by atoms with Crippen molar-refractivity contribution in [2.24, 2.45) is 5.92 Å². The minimum Gasteiger partial charge on any atom is -0.492 e. The van der Waals surface area contributed by atoms with Crippen molar-refractivity contribution < 1.29 is 18.7 Å². The Bertz CT molecular complexity index is 1070. The molecule has 2 aromatic heterocycles. The molecule has 0 saturated heterocycles. The van der Waals surface area contributed by atoms with Crippen molar-refractivity contribution in [3.63, 3.8) is 0 Å². The van der Waals surface area contributed by atoms with Gasteiger partial charge in [0.1, 0.15) is 24.5 Å². The number of rotatable bonds is 4. The summed E-state index contributed by atoms with van der Waals surface area (Å²) in [5.41, 5.74) is 1.38. The second-order valence-corrected chi connectivity index (χ2v) is 6.39. The Hall–Kier alpha value is -3.23. The van der Waals surface area contributed by atoms with Gasteiger partial charge < -0.3 is 9.47 Å². The highest BCUT2D eigenvalue weighted by atomic mass is 19.1. The monoisotopic (exact) mass is 372 g/mol. The number of H-pyrrole nitrogens is 1. The Morgan fingerprint density at radius 1 is 1.48 bits per heavy atom. The summed E-state index contributed by atoms with van der Waals surface area (Å²) < 4.78 is 25.4. The third-order valence-electron chi connectivity index (χ3n) is 4.59. The summed E-state index contributed by atoms with van der Waals surface area (Å²) in [7, 11) is 0. The number of benzene rings is 1. The molecule has 0 amide bonds. The summed E-state index contributed by atoms with van der Waals surface area (Å²) in [4.78, 5) is 32.9. The van der Waals surface area contributed by atoms with Crippen LogP contribution < -0.4 is 10.3 Å². The van der Waals surface area contributed by atoms with Gasteiger partial charge in [0.05, 0.1) is 18.2 Å². The van der Waals surface area contributed by atoms with Crippen LogP contribution in [0.15, 0.2) is 29.3 Å². The van der Waals surface area contributed by atoms with Gasteiger partial charge in [-0.05, 0) is 37.1 Å². The van der Waals surface area contributed by atoms with Gasteiger partial charge in [-0.15, -0.1) is 0 Å². The lowest BCUT2D eigenvalue weighted by Crippen LogP contribution is -2.31. The molecule has 1 atom stereocenters. The number of aryl methyl sites for hydroxylation is 1. The van der Waals surface area contributed by atoms with E-state index in [1.165, 1.54) is 23.0 Å². The van der Waals surface area contributed by atoms with Crippen LogP contribution in [0.5, 0.6) is 5.75 Å². The normalized spacial score (nSPS) is 16.0. The quantitative estimate of drug-likeness (QED) is 0.691. The SMILES string of the molecule is Cc1nc2nc[nH]n2c(=O)c1CCOC(=O)C1COc2ccc(F)cc2C1. The molecule has 0 fully saturated rings. The highest BCUT2D eigenvalue weighted by molar-refractivity contribution is 5.73. The first-order chi connectivity index (χ1) is 13.0. The van der Waals surface area contributed by atoms with Crippen molar-refractivity contribution in [2.75, 3.05) is 13.2 Å². The van der Waals surface area contributed by atoms with Crippen LogP contribution >= 0.6 is 0 Å². The second kappa shape index (κ2) is 6.82. The second-order valence-electron chi connectivity index (χ2n) is 6.39. The predicted octanol–water partition coefficient (Wildman–Crippen LogP) is 1.20. The maximum absolute atomic E-state index is 13.4. The van der Waals surface area contributed by atoms with Gasteiger partial charge in [-0.1, -0.05) is 0 Å². The molecule has 3 aromatic rings. The van der Waals surface area contributed by atoms with Gasteiger partial charge in [-0.25, -0.2) is 14.4 Å². The molecule has 0 aliphatic carbocycles. The zero-order chi connectivity index (χ0) is 19.0. The number of nitrogens with one attached hydrogen (secondary N) is 1. The molecule has 1 aliphatic rings. The van der Waals surface area contributed by atoms with E-state index >= 15 is 0 Å². The molecule has 0 spiro atoms. The zero-order valence-corrected chi connectivity index (χ0v) is 14.6. The fraction of sp³-hybridized carbons (Fsp3) is 0.333. The number of hydrogen-bond acceptors (Lipinski definition) is 6. The Balaban J connectivity index is 1.40. The standard InChI is InChI=1S/C18H17FN4O4/c1-10-14(16(24)23-18(22-10)20-9-21-23)4-5-26-17(25)12-6-11-7-13(19)2-3-15(11)27-8-12/h2-3,7,9,12H,4-6,8H2,1H3,(H,20,21,22). The molecule has 1 N–H and O–H groups in total. The number of carbonyl (C=O) groups is 1. The van der Waals surface area contributed by atoms with Crippen LogP contribution in [0.1, 0.15) is 16.8 Å². The highest BCUT2D eigenvalue weighted by Gasteiger charge is 2.27. The summed E-state index contributed by atoms with van der Waals surface area (Å²) in [5, 5.41) is 2.70. The number of carbonyl (C=O) groups excluding carboxylic acids is 1. The summed E-state index contributed by atoms with van der Waals surface area (Å²) >= 11 is 0. The molecule has 9 heteroatoms. The summed E-state index contributed by atoms with van der Waals surface area (Å²) in [6.07, 6.45) is 1.98. The minimum absolute atomic E-state index is 0.0449. The average molecular weight is 372 g/mol. The zero-order valence-electron chi connectivity index (χ0n) is 14.6. The molecule has 27 heavy (non-hydrogen) atoms. The van der Waals surface area contributed by atoms with E-state index in [1.54, 1.807) is 13.0 Å². The topological polar surface area (TPSA) is 98.6 Å². The molecule has 3 heterocycles. The van der Waals surface area contributed by atoms with E-state index in [2.05, 4.69) is 15.1 Å². The van der Waals surface area contributed by atoms with Crippen LogP contribution in [-0.4, -0.2) is 38.8 Å². The maximum atomic E-state index is 13.4. The first kappa shape index (κ1) is 17.2. The number of halogens is 1. The number of fused-ring (bicyclic) bond motifs is 2. The van der Waals surface area contributed by atoms with Crippen LogP contribution in [0.4, 0.5) is 4.39 Å². The summed E-state index contributed by atoms with van der Waals surface area (Å²) in [5.74, 6) is -0.427. The molecule has 0 radical (unpaired) electrons. The molecule has 0 bridgehead atoms. The van der Waals surface area contributed by atoms with Gasteiger partial charge in [-0.2, -0.15) is 4.52 Å². The fourth-order valence-corrected chi connectivity index (χ4v) is 3.17. The van der Waals surface area contributed by atoms with E-state index in [4.69, 9.17) is 9.47 Å². The van der Waals surface area contributed by atoms with Gasteiger partial charge >= 0.3 is 5.97 Å². The first-order valence-electron chi connectivity index (χ1n) is 8.52. The van der Waals surface area contributed by atoms with Gasteiger partial charge in [0.25, 0.3) is 11.3 Å². The van der Waals surface area contributed by atoms with Gasteiger partial charge in [-0.3, -0.25) is 14.7 Å². The van der Waals surface area contributed by atoms with Gasteiger partial charge in [0.15, 0.2) is 0 Å². The molecule has 1 aromatic carbocycles. The third kappa shape index (κ3) is 3.27. The number of nitrogens with zero attached hydrogens (tertiary/aromatic N) is 3. The lowest BCUT2D eigenvalue weighted by molar-refractivity contribution is -0.149. The van der Waals surface area contributed by atoms with Crippen LogP contribution in [0.25, 0.3) is 5.78 Å². The Morgan fingerprint density at radius 2 is 2.33 bits per heavy atom. The molecule has 140 valence electrons. The van der Waals surface area contributed by atoms with Crippen LogP contribution in [-0.2, 0) is 22.4 Å². The van der Waals surface area contributed by atoms with Crippen LogP contribution in [0.3, 0.4) is 0 Å². The number of aromatic nitrogens is 4. The fourth-order valence-electron chi connectivity index (χ4n) is 3.17. The van der Waals surface area contributed by atoms with E-state index in [0.717, 1.165) is 0 Å². The van der Waals surface area contributed by atoms with Crippen molar-refractivity contribution in [1.29, 1.82) is 0 Å². The lowest BCUT2D eigenvalue weighted by atomic mass is 9.97. The van der Waals surface area contributed by atoms with E-state index in [9.17, 15) is 14.0 Å². The number of esters is 1. The average Bonchev–Trinajstić information content (AvgIpc) is 3.12. The van der Waals surface area contributed by atoms with Crippen molar-refractivity contribution in [1.82, 2.24) is 19.6 Å². The van der Waals surface area contributed by atoms with Crippen molar-refractivity contribution in [3.8, 4) is 5.75 Å². The molecule has 4 rings (SSSR count). The Morgan fingerprint density at radius 3 is 3.19 bits per heavy atom. The molecule has 0 saturated carbocycles. The third-order valence-corrected chi connectivity index (χ3v) is 4.59. The molecule has 1 aliphatic heterocycles. The molecular formula is C18H17FN4O4. The van der Waals surface area contributed by atoms with E-state index in [-0.39, 0.29) is 31.0 Å². The lowest BCUT2D eigenvalue weighted by Gasteiger charge is -2.24. The summed E-state index contributed by atoms with van der Waals surface area (Å²) in [6.45, 7) is 1.94. The summed E-state index contributed by atoms with van der Waals surface area (Å²) in [6, 6.07) is 4.24. The number of hydrogen-bond donors (Lipinski definition) is 1. The van der Waals surface area contributed by atoms with E-state index in [1.807, 2.05) is 0 Å². The number of ether oxygens (including phenoxy) is 2. The van der Waals surface area contributed by atoms with Gasteiger partial charge in [0, 0.05) is 12.0 Å². The Kier molecular flexibility index (Phi) is 4.35. The predicted molar refractivity (Wildman–Crippen MR) is 92.1 cm³/mol. The van der Waals surface area contributed by atoms with E-state index < -0.39 is 11.9 Å². The van der Waals surface area contributed by atoms with Crippen molar-refractivity contribution in [3.05, 3.63) is 57.5 Å². The molecule has 8 nitrogen and oxygen atoms in total. The molecule has 1 unspecified atom stereocenters. The minimum atomic E-state index is -0.505. The number of aromatic amines is 1.